The first kappa shape index (κ1) is 44.7. The number of nitriles is 2. The zero-order chi connectivity index (χ0) is 41.5. The molecule has 0 amide bonds. The van der Waals surface area contributed by atoms with Crippen molar-refractivity contribution in [3.63, 3.8) is 0 Å². The number of carboxylic acid groups (broad SMARTS) is 1. The summed E-state index contributed by atoms with van der Waals surface area (Å²) in [7, 11) is 0. The third-order valence-corrected chi connectivity index (χ3v) is 5.76. The summed E-state index contributed by atoms with van der Waals surface area (Å²) in [6, 6.07) is 24.4. The second-order valence-electron chi connectivity index (χ2n) is 9.63. The number of halogens is 7. The van der Waals surface area contributed by atoms with E-state index < -0.39 is 12.1 Å². The van der Waals surface area contributed by atoms with Crippen molar-refractivity contribution in [2.75, 3.05) is 0 Å². The molecule has 0 atom stereocenters. The average molecular weight is 800 g/mol. The smallest absolute Gasteiger partial charge is 0.490 e. The summed E-state index contributed by atoms with van der Waals surface area (Å²) in [5.74, 6) is -2.04. The van der Waals surface area contributed by atoms with E-state index in [4.69, 9.17) is 52.3 Å². The van der Waals surface area contributed by atoms with Gasteiger partial charge in [-0.05, 0) is 72.8 Å². The first-order chi connectivity index (χ1) is 26.6. The highest BCUT2D eigenvalue weighted by atomic mass is 35.5. The number of aromatic nitrogens is 6. The van der Waals surface area contributed by atoms with E-state index in [1.165, 1.54) is 104 Å². The van der Waals surface area contributed by atoms with Gasteiger partial charge in [-0.25, -0.2) is 47.9 Å². The van der Waals surface area contributed by atoms with Gasteiger partial charge >= 0.3 is 12.1 Å². The van der Waals surface area contributed by atoms with Crippen LogP contribution in [-0.4, -0.2) is 52.3 Å². The van der Waals surface area contributed by atoms with E-state index in [1.54, 1.807) is 6.07 Å². The van der Waals surface area contributed by atoms with Crippen LogP contribution in [0.2, 0.25) is 5.15 Å². The van der Waals surface area contributed by atoms with Gasteiger partial charge in [0.05, 0.1) is 5.69 Å². The third kappa shape index (κ3) is 18.4. The van der Waals surface area contributed by atoms with Crippen molar-refractivity contribution in [2.24, 2.45) is 5.73 Å². The number of carboxylic acids is 1. The maximum absolute atomic E-state index is 12.6. The minimum atomic E-state index is -5.08. The number of nitrogens with two attached hydrogens (primary N) is 1. The highest BCUT2D eigenvalue weighted by Crippen LogP contribution is 2.20. The van der Waals surface area contributed by atoms with Crippen LogP contribution in [0, 0.1) is 40.1 Å². The highest BCUT2D eigenvalue weighted by molar-refractivity contribution is 6.29. The number of hydrogen-bond acceptors (Lipinski definition) is 13. The Kier molecular flexibility index (Phi) is 18.6. The van der Waals surface area contributed by atoms with E-state index in [1.807, 2.05) is 12.1 Å². The summed E-state index contributed by atoms with van der Waals surface area (Å²) < 4.78 is 79.7. The van der Waals surface area contributed by atoms with Gasteiger partial charge in [-0.2, -0.15) is 23.7 Å². The minimum Gasteiger partial charge on any atom is -0.508 e. The van der Waals surface area contributed by atoms with Crippen molar-refractivity contribution >= 4 is 17.6 Å². The van der Waals surface area contributed by atoms with Crippen LogP contribution in [0.1, 0.15) is 17.1 Å². The Morgan fingerprint density at radius 2 is 1.07 bits per heavy atom. The topological polar surface area (TPSA) is 227 Å². The fraction of sp³-hybridized carbons (Fsp3) is 0.0571. The van der Waals surface area contributed by atoms with Gasteiger partial charge in [0.25, 0.3) is 0 Å². The molecular formula is C35H24ClF6N9O5. The van der Waals surface area contributed by atoms with Crippen molar-refractivity contribution in [2.45, 2.75) is 12.7 Å². The maximum Gasteiger partial charge on any atom is 0.490 e. The fourth-order valence-electron chi connectivity index (χ4n) is 3.08. The van der Waals surface area contributed by atoms with Crippen LogP contribution in [-0.2, 0) is 11.3 Å². The standard InChI is InChI=1S/C11H10FN3O.C11H6FN3O.C6H5FO.C5H2ClN3.C2HF3O2/c2*12-8-1-3-10(4-2-8)16-11-5-9(6-13)14-7-15-11;7-5-1-3-6(8)4-2-5;6-5-1-4(2-7)8-3-9-5;3-2(4,5)1(6)7/h1-5,7H,6,13H2;1-5,7H;1-4,8H;1,3H;(H,6,7). The Labute approximate surface area is 317 Å². The molecule has 6 rings (SSSR count). The lowest BCUT2D eigenvalue weighted by atomic mass is 10.3. The largest absolute Gasteiger partial charge is 0.508 e. The van der Waals surface area contributed by atoms with Gasteiger partial charge in [0.2, 0.25) is 11.8 Å². The average Bonchev–Trinajstić information content (AvgIpc) is 3.18. The number of aliphatic carboxylic acids is 1. The van der Waals surface area contributed by atoms with E-state index in [2.05, 4.69) is 29.9 Å². The number of aromatic hydroxyl groups is 1. The number of rotatable bonds is 5. The van der Waals surface area contributed by atoms with E-state index in [0.29, 0.717) is 34.8 Å². The number of carbonyl (C=O) groups is 1. The molecule has 4 N–H and O–H groups in total. The van der Waals surface area contributed by atoms with Crippen LogP contribution >= 0.6 is 11.6 Å². The molecule has 0 radical (unpaired) electrons. The molecule has 3 heterocycles. The predicted molar refractivity (Wildman–Crippen MR) is 183 cm³/mol. The zero-order valence-electron chi connectivity index (χ0n) is 28.0. The van der Waals surface area contributed by atoms with Crippen molar-refractivity contribution in [3.05, 3.63) is 150 Å². The number of phenolic OH excluding ortho intramolecular Hbond substituents is 1. The van der Waals surface area contributed by atoms with Gasteiger partial charge < -0.3 is 25.4 Å². The van der Waals surface area contributed by atoms with Gasteiger partial charge in [-0.1, -0.05) is 11.6 Å². The van der Waals surface area contributed by atoms with E-state index in [-0.39, 0.29) is 40.5 Å². The molecule has 6 aromatic rings. The van der Waals surface area contributed by atoms with Crippen molar-refractivity contribution < 1.29 is 50.8 Å². The normalized spacial score (nSPS) is 9.68. The van der Waals surface area contributed by atoms with E-state index in [9.17, 15) is 26.3 Å². The summed E-state index contributed by atoms with van der Waals surface area (Å²) in [5, 5.41) is 32.9. The molecule has 0 bridgehead atoms. The van der Waals surface area contributed by atoms with Gasteiger partial charge in [-0.15, -0.1) is 0 Å². The first-order valence-electron chi connectivity index (χ1n) is 14.8. The number of hydrogen-bond donors (Lipinski definition) is 3. The molecule has 0 aliphatic carbocycles. The van der Waals surface area contributed by atoms with Crippen molar-refractivity contribution in [1.29, 1.82) is 10.5 Å². The zero-order valence-corrected chi connectivity index (χ0v) is 28.8. The van der Waals surface area contributed by atoms with Crippen LogP contribution in [0.5, 0.6) is 29.0 Å². The fourth-order valence-corrected chi connectivity index (χ4v) is 3.23. The van der Waals surface area contributed by atoms with Crippen LogP contribution < -0.4 is 15.2 Å². The Morgan fingerprint density at radius 1 is 0.679 bits per heavy atom. The number of phenols is 1. The number of nitrogens with zero attached hydrogens (tertiary/aromatic N) is 8. The predicted octanol–water partition coefficient (Wildman–Crippen LogP) is 7.31. The Morgan fingerprint density at radius 3 is 1.45 bits per heavy atom. The maximum atomic E-state index is 12.6. The van der Waals surface area contributed by atoms with E-state index >= 15 is 0 Å². The molecule has 14 nitrogen and oxygen atoms in total. The number of alkyl halides is 3. The lowest BCUT2D eigenvalue weighted by molar-refractivity contribution is -0.192. The molecule has 0 spiro atoms. The summed E-state index contributed by atoms with van der Waals surface area (Å²) in [5.41, 5.74) is 6.63. The number of benzene rings is 3. The SMILES string of the molecule is N#Cc1cc(Cl)ncn1.N#Cc1cc(Oc2ccc(F)cc2)ncn1.NCc1cc(Oc2ccc(F)cc2)ncn1.O=C(O)C(F)(F)F.Oc1ccc(F)cc1. The molecule has 0 aliphatic heterocycles. The highest BCUT2D eigenvalue weighted by Gasteiger charge is 2.38. The van der Waals surface area contributed by atoms with Crippen LogP contribution in [0.15, 0.2) is 110 Å². The van der Waals surface area contributed by atoms with Crippen LogP contribution in [0.25, 0.3) is 0 Å². The second-order valence-corrected chi connectivity index (χ2v) is 10.0. The van der Waals surface area contributed by atoms with E-state index in [0.717, 1.165) is 0 Å². The molecule has 3 aromatic heterocycles. The molecule has 56 heavy (non-hydrogen) atoms. The molecular weight excluding hydrogens is 776 g/mol. The Balaban J connectivity index is 0.000000253. The summed E-state index contributed by atoms with van der Waals surface area (Å²) in [6.07, 6.45) is -1.22. The second kappa shape index (κ2) is 23.3. The Bertz CT molecular complexity index is 2190. The molecule has 3 aromatic carbocycles. The molecule has 0 aliphatic rings. The summed E-state index contributed by atoms with van der Waals surface area (Å²) in [4.78, 5) is 31.5. The molecule has 288 valence electrons. The quantitative estimate of drug-likeness (QED) is 0.115. The lowest BCUT2D eigenvalue weighted by Crippen LogP contribution is -2.21. The van der Waals surface area contributed by atoms with Gasteiger partial charge in [0.15, 0.2) is 0 Å². The molecule has 0 unspecified atom stereocenters. The first-order valence-corrected chi connectivity index (χ1v) is 15.2. The third-order valence-electron chi connectivity index (χ3n) is 5.55. The minimum absolute atomic E-state index is 0.0893. The van der Waals surface area contributed by atoms with Gasteiger partial charge in [-0.3, -0.25) is 0 Å². The molecule has 21 heteroatoms. The monoisotopic (exact) mass is 799 g/mol. The van der Waals surface area contributed by atoms with Gasteiger partial charge in [0, 0.05) is 24.7 Å². The van der Waals surface area contributed by atoms with Crippen LogP contribution in [0.3, 0.4) is 0 Å². The van der Waals surface area contributed by atoms with Crippen LogP contribution in [0.4, 0.5) is 26.3 Å². The molecule has 0 saturated carbocycles. The Hall–Kier alpha value is -7.42. The number of ether oxygens (including phenoxy) is 2. The summed E-state index contributed by atoms with van der Waals surface area (Å²) >= 11 is 5.42. The molecule has 0 saturated heterocycles. The summed E-state index contributed by atoms with van der Waals surface area (Å²) in [6.45, 7) is 0.322. The molecule has 0 fully saturated rings. The van der Waals surface area contributed by atoms with Crippen molar-refractivity contribution in [1.82, 2.24) is 29.9 Å². The lowest BCUT2D eigenvalue weighted by Gasteiger charge is -2.04. The van der Waals surface area contributed by atoms with Crippen molar-refractivity contribution in [3.8, 4) is 41.1 Å². The van der Waals surface area contributed by atoms with Gasteiger partial charge in [0.1, 0.15) is 82.4 Å².